The number of amidine groups is 1. The number of aromatic nitrogens is 2. The van der Waals surface area contributed by atoms with Crippen LogP contribution in [-0.2, 0) is 16.0 Å². The lowest BCUT2D eigenvalue weighted by Crippen LogP contribution is -2.57. The molecule has 0 saturated carbocycles. The number of nitrogens with zero attached hydrogens (tertiary/aromatic N) is 3. The number of amides is 2. The normalized spacial score (nSPS) is 15.7. The van der Waals surface area contributed by atoms with Crippen LogP contribution in [0.4, 0.5) is 11.4 Å². The molecule has 162 valence electrons. The zero-order chi connectivity index (χ0) is 22.7. The molecule has 0 radical (unpaired) electrons. The van der Waals surface area contributed by atoms with Crippen molar-refractivity contribution in [2.24, 2.45) is 4.99 Å². The quantitative estimate of drug-likeness (QED) is 0.574. The summed E-state index contributed by atoms with van der Waals surface area (Å²) in [4.78, 5) is 48.7. The Morgan fingerprint density at radius 3 is 2.62 bits per heavy atom. The van der Waals surface area contributed by atoms with Gasteiger partial charge in [0, 0.05) is 23.0 Å². The number of nitrogens with one attached hydrogen (secondary N) is 3. The summed E-state index contributed by atoms with van der Waals surface area (Å²) in [6.07, 6.45) is 0.633. The summed E-state index contributed by atoms with van der Waals surface area (Å²) in [5, 5.41) is 4.10. The summed E-state index contributed by atoms with van der Waals surface area (Å²) in [5.41, 5.74) is 5.01. The number of benzene rings is 2. The fraction of sp³-hybridized carbons (Fsp3) is 0.174. The molecule has 2 heterocycles. The van der Waals surface area contributed by atoms with E-state index in [-0.39, 0.29) is 17.3 Å². The number of para-hydroxylation sites is 1. The number of hydrogen-bond donors (Lipinski definition) is 3. The molecular weight excluding hydrogens is 408 g/mol. The Morgan fingerprint density at radius 1 is 1.09 bits per heavy atom. The standard InChI is InChI=1S/C23H22N6O3/c1-3-16-13-19(30)27-20(25-16)15-8-7-9-17(12-15)26-22(31)21-24-14(2)23(32)29(28-21)18-10-5-4-6-11-18/h4-14H,3H2,1-2H3,(H,24,28)(H,26,31)(H,25,27,30). The molecule has 1 aliphatic rings. The van der Waals surface area contributed by atoms with Crippen LogP contribution in [0, 0.1) is 0 Å². The Labute approximate surface area is 184 Å². The van der Waals surface area contributed by atoms with Gasteiger partial charge in [0.25, 0.3) is 17.4 Å². The number of carbonyl (C=O) groups excluding carboxylic acids is 2. The number of hydrogen-bond acceptors (Lipinski definition) is 6. The molecule has 9 nitrogen and oxygen atoms in total. The van der Waals surface area contributed by atoms with E-state index < -0.39 is 11.9 Å². The topological polar surface area (TPSA) is 120 Å². The lowest BCUT2D eigenvalue weighted by atomic mass is 10.1. The Balaban J connectivity index is 1.56. The second-order valence-corrected chi connectivity index (χ2v) is 7.25. The van der Waals surface area contributed by atoms with Gasteiger partial charge in [-0.1, -0.05) is 37.3 Å². The van der Waals surface area contributed by atoms with Gasteiger partial charge in [0.05, 0.1) is 5.69 Å². The summed E-state index contributed by atoms with van der Waals surface area (Å²) < 4.78 is 0. The van der Waals surface area contributed by atoms with Crippen LogP contribution < -0.4 is 21.3 Å². The number of anilines is 2. The molecule has 1 unspecified atom stereocenters. The minimum Gasteiger partial charge on any atom is -0.319 e. The highest BCUT2D eigenvalue weighted by atomic mass is 16.2. The van der Waals surface area contributed by atoms with E-state index in [1.165, 1.54) is 11.1 Å². The van der Waals surface area contributed by atoms with Crippen molar-refractivity contribution < 1.29 is 9.59 Å². The molecule has 0 aliphatic carbocycles. The highest BCUT2D eigenvalue weighted by Gasteiger charge is 2.30. The number of hydrazine groups is 1. The van der Waals surface area contributed by atoms with Crippen molar-refractivity contribution in [3.05, 3.63) is 76.7 Å². The fourth-order valence-electron chi connectivity index (χ4n) is 3.26. The molecule has 3 aromatic rings. The zero-order valence-corrected chi connectivity index (χ0v) is 17.6. The van der Waals surface area contributed by atoms with E-state index in [4.69, 9.17) is 0 Å². The van der Waals surface area contributed by atoms with Gasteiger partial charge < -0.3 is 10.3 Å². The maximum Gasteiger partial charge on any atom is 0.292 e. The number of rotatable bonds is 5. The summed E-state index contributed by atoms with van der Waals surface area (Å²) in [6.45, 7) is 3.56. The lowest BCUT2D eigenvalue weighted by Gasteiger charge is -2.30. The fourth-order valence-corrected chi connectivity index (χ4v) is 3.26. The third kappa shape index (κ3) is 4.41. The molecule has 0 bridgehead atoms. The van der Waals surface area contributed by atoms with Gasteiger partial charge in [-0.05, 0) is 37.6 Å². The number of aryl methyl sites for hydroxylation is 1. The van der Waals surface area contributed by atoms with Gasteiger partial charge in [-0.15, -0.1) is 0 Å². The van der Waals surface area contributed by atoms with Crippen molar-refractivity contribution in [1.82, 2.24) is 15.4 Å². The maximum absolute atomic E-state index is 12.9. The molecule has 0 fully saturated rings. The van der Waals surface area contributed by atoms with Crippen LogP contribution in [-0.4, -0.2) is 33.7 Å². The Bertz CT molecular complexity index is 1250. The Kier molecular flexibility index (Phi) is 5.80. The van der Waals surface area contributed by atoms with E-state index in [2.05, 4.69) is 25.7 Å². The van der Waals surface area contributed by atoms with Crippen molar-refractivity contribution in [3.63, 3.8) is 0 Å². The van der Waals surface area contributed by atoms with Crippen LogP contribution in [0.1, 0.15) is 19.5 Å². The van der Waals surface area contributed by atoms with Crippen molar-refractivity contribution in [3.8, 4) is 11.4 Å². The van der Waals surface area contributed by atoms with E-state index >= 15 is 0 Å². The summed E-state index contributed by atoms with van der Waals surface area (Å²) in [7, 11) is 0. The third-order valence-electron chi connectivity index (χ3n) is 4.90. The molecule has 1 aromatic heterocycles. The highest BCUT2D eigenvalue weighted by Crippen LogP contribution is 2.20. The van der Waals surface area contributed by atoms with E-state index in [0.717, 1.165) is 0 Å². The molecule has 3 N–H and O–H groups in total. The average Bonchev–Trinajstić information content (AvgIpc) is 2.81. The van der Waals surface area contributed by atoms with Gasteiger partial charge in [0.15, 0.2) is 0 Å². The van der Waals surface area contributed by atoms with Crippen molar-refractivity contribution in [2.45, 2.75) is 26.3 Å². The molecule has 2 aromatic carbocycles. The van der Waals surface area contributed by atoms with E-state index in [0.29, 0.717) is 34.9 Å². The van der Waals surface area contributed by atoms with E-state index in [9.17, 15) is 14.4 Å². The third-order valence-corrected chi connectivity index (χ3v) is 4.90. The van der Waals surface area contributed by atoms with Gasteiger partial charge in [-0.25, -0.2) is 15.0 Å². The molecule has 0 saturated heterocycles. The minimum absolute atomic E-state index is 0.0193. The van der Waals surface area contributed by atoms with Gasteiger partial charge in [0.1, 0.15) is 11.9 Å². The molecule has 1 atom stereocenters. The molecular formula is C23H22N6O3. The van der Waals surface area contributed by atoms with Crippen molar-refractivity contribution in [1.29, 1.82) is 0 Å². The predicted octanol–water partition coefficient (Wildman–Crippen LogP) is 2.28. The first-order valence-electron chi connectivity index (χ1n) is 10.2. The first-order valence-corrected chi connectivity index (χ1v) is 10.2. The van der Waals surface area contributed by atoms with Gasteiger partial charge >= 0.3 is 0 Å². The summed E-state index contributed by atoms with van der Waals surface area (Å²) in [5.74, 6) is -0.314. The van der Waals surface area contributed by atoms with Gasteiger partial charge in [-0.2, -0.15) is 0 Å². The average molecular weight is 430 g/mol. The molecule has 0 spiro atoms. The van der Waals surface area contributed by atoms with Crippen LogP contribution in [0.2, 0.25) is 0 Å². The number of H-pyrrole nitrogens is 1. The molecule has 1 aliphatic heterocycles. The summed E-state index contributed by atoms with van der Waals surface area (Å²) in [6, 6.07) is 16.7. The minimum atomic E-state index is -0.713. The summed E-state index contributed by atoms with van der Waals surface area (Å²) >= 11 is 0. The molecule has 2 amide bonds. The zero-order valence-electron chi connectivity index (χ0n) is 17.6. The van der Waals surface area contributed by atoms with Crippen LogP contribution >= 0.6 is 0 Å². The van der Waals surface area contributed by atoms with Gasteiger partial charge in [-0.3, -0.25) is 19.8 Å². The molecule has 32 heavy (non-hydrogen) atoms. The second-order valence-electron chi connectivity index (χ2n) is 7.25. The predicted molar refractivity (Wildman–Crippen MR) is 122 cm³/mol. The molecule has 9 heteroatoms. The lowest BCUT2D eigenvalue weighted by molar-refractivity contribution is -0.120. The number of carbonyl (C=O) groups is 2. The number of aliphatic imine (C=N–C) groups is 1. The Hall–Kier alpha value is -4.27. The first-order chi connectivity index (χ1) is 15.4. The smallest absolute Gasteiger partial charge is 0.292 e. The molecule has 4 rings (SSSR count). The SMILES string of the molecule is CCc1cc(=O)[nH]c(-c2cccc(NC(=O)C3=NC(C)C(=O)N(c4ccccc4)N3)c2)n1. The van der Waals surface area contributed by atoms with Crippen LogP contribution in [0.15, 0.2) is 70.5 Å². The highest BCUT2D eigenvalue weighted by molar-refractivity contribution is 6.43. The van der Waals surface area contributed by atoms with Crippen molar-refractivity contribution in [2.75, 3.05) is 10.3 Å². The van der Waals surface area contributed by atoms with E-state index in [1.54, 1.807) is 55.5 Å². The second kappa shape index (κ2) is 8.84. The van der Waals surface area contributed by atoms with Crippen LogP contribution in [0.5, 0.6) is 0 Å². The Morgan fingerprint density at radius 2 is 1.88 bits per heavy atom. The monoisotopic (exact) mass is 430 g/mol. The van der Waals surface area contributed by atoms with E-state index in [1.807, 2.05) is 13.0 Å². The number of aromatic amines is 1. The van der Waals surface area contributed by atoms with Gasteiger partial charge in [0.2, 0.25) is 5.84 Å². The first kappa shape index (κ1) is 21.0. The maximum atomic E-state index is 12.9. The largest absolute Gasteiger partial charge is 0.319 e. The van der Waals surface area contributed by atoms with Crippen LogP contribution in [0.25, 0.3) is 11.4 Å². The van der Waals surface area contributed by atoms with Crippen LogP contribution in [0.3, 0.4) is 0 Å². The van der Waals surface area contributed by atoms with Crippen molar-refractivity contribution >= 4 is 29.0 Å².